The molecule has 0 radical (unpaired) electrons. The lowest BCUT2D eigenvalue weighted by molar-refractivity contribution is 0.0593. The van der Waals surface area contributed by atoms with Crippen LogP contribution in [0.5, 0.6) is 0 Å². The molecule has 1 N–H and O–H groups in total. The van der Waals surface area contributed by atoms with Gasteiger partial charge in [0.15, 0.2) is 5.69 Å². The van der Waals surface area contributed by atoms with Crippen molar-refractivity contribution in [2.75, 3.05) is 12.4 Å². The van der Waals surface area contributed by atoms with Gasteiger partial charge in [-0.05, 0) is 19.1 Å². The topological polar surface area (TPSA) is 64.1 Å². The quantitative estimate of drug-likeness (QED) is 0.838. The first-order valence-electron chi connectivity index (χ1n) is 5.43. The molecule has 0 aliphatic carbocycles. The second-order valence-electron chi connectivity index (χ2n) is 3.77. The van der Waals surface area contributed by atoms with Crippen LogP contribution in [0.25, 0.3) is 0 Å². The largest absolute Gasteiger partial charge is 0.464 e. The van der Waals surface area contributed by atoms with E-state index in [1.54, 1.807) is 0 Å². The number of ether oxygens (including phenoxy) is 1. The molecule has 0 bridgehead atoms. The van der Waals surface area contributed by atoms with Crippen molar-refractivity contribution >= 4 is 17.5 Å². The van der Waals surface area contributed by atoms with Gasteiger partial charge in [-0.2, -0.15) is 0 Å². The molecule has 0 spiro atoms. The number of aryl methyl sites for hydroxylation is 1. The van der Waals surface area contributed by atoms with E-state index in [1.165, 1.54) is 25.1 Å². The smallest absolute Gasteiger partial charge is 0.358 e. The zero-order chi connectivity index (χ0) is 13.0. The lowest BCUT2D eigenvalue weighted by Crippen LogP contribution is -2.05. The van der Waals surface area contributed by atoms with Gasteiger partial charge in [-0.25, -0.2) is 14.8 Å². The molecule has 5 heteroatoms. The number of nitrogens with zero attached hydrogens (tertiary/aromatic N) is 2. The fraction of sp³-hybridized carbons (Fsp3) is 0.154. The first-order valence-corrected chi connectivity index (χ1v) is 5.43. The Balaban J connectivity index is 2.10. The molecule has 2 rings (SSSR count). The van der Waals surface area contributed by atoms with E-state index in [9.17, 15) is 4.79 Å². The fourth-order valence-corrected chi connectivity index (χ4v) is 1.39. The molecule has 92 valence electrons. The van der Waals surface area contributed by atoms with E-state index >= 15 is 0 Å². The maximum Gasteiger partial charge on any atom is 0.358 e. The lowest BCUT2D eigenvalue weighted by atomic mass is 10.2. The van der Waals surface area contributed by atoms with Gasteiger partial charge in [0.2, 0.25) is 0 Å². The molecule has 0 aliphatic heterocycles. The number of aromatic nitrogens is 2. The van der Waals surface area contributed by atoms with Gasteiger partial charge in [-0.15, -0.1) is 0 Å². The van der Waals surface area contributed by atoms with Gasteiger partial charge < -0.3 is 10.1 Å². The van der Waals surface area contributed by atoms with Crippen LogP contribution in [0.4, 0.5) is 11.5 Å². The zero-order valence-electron chi connectivity index (χ0n) is 10.2. The van der Waals surface area contributed by atoms with E-state index < -0.39 is 5.97 Å². The van der Waals surface area contributed by atoms with Crippen molar-refractivity contribution in [1.82, 2.24) is 9.97 Å². The molecular weight excluding hydrogens is 230 g/mol. The van der Waals surface area contributed by atoms with Crippen molar-refractivity contribution in [3.63, 3.8) is 0 Å². The molecule has 0 fully saturated rings. The van der Waals surface area contributed by atoms with E-state index in [0.29, 0.717) is 5.82 Å². The Labute approximate surface area is 105 Å². The van der Waals surface area contributed by atoms with E-state index in [2.05, 4.69) is 20.0 Å². The Kier molecular flexibility index (Phi) is 3.52. The normalized spacial score (nSPS) is 9.89. The summed E-state index contributed by atoms with van der Waals surface area (Å²) in [6.07, 6.45) is 2.87. The highest BCUT2D eigenvalue weighted by Crippen LogP contribution is 2.14. The Bertz CT molecular complexity index is 535. The van der Waals surface area contributed by atoms with Crippen LogP contribution in [-0.4, -0.2) is 23.0 Å². The number of rotatable bonds is 3. The third-order valence-corrected chi connectivity index (χ3v) is 2.37. The van der Waals surface area contributed by atoms with E-state index in [0.717, 1.165) is 5.69 Å². The highest BCUT2D eigenvalue weighted by atomic mass is 16.5. The molecule has 2 aromatic rings. The summed E-state index contributed by atoms with van der Waals surface area (Å²) in [4.78, 5) is 19.2. The molecule has 0 saturated carbocycles. The summed E-state index contributed by atoms with van der Waals surface area (Å²) in [7, 11) is 1.31. The standard InChI is InChI=1S/C13H13N3O2/c1-9-3-5-10(6-4-9)16-12-8-14-11(7-15-12)13(17)18-2/h3-8H,1-2H3,(H,15,16). The zero-order valence-corrected chi connectivity index (χ0v) is 10.2. The maximum atomic E-state index is 11.2. The van der Waals surface area contributed by atoms with E-state index in [4.69, 9.17) is 0 Å². The monoisotopic (exact) mass is 243 g/mol. The molecular formula is C13H13N3O2. The van der Waals surface area contributed by atoms with Gasteiger partial charge in [-0.1, -0.05) is 17.7 Å². The van der Waals surface area contributed by atoms with E-state index in [1.807, 2.05) is 31.2 Å². The van der Waals surface area contributed by atoms with Gasteiger partial charge in [0, 0.05) is 5.69 Å². The summed E-state index contributed by atoms with van der Waals surface area (Å²) in [6.45, 7) is 2.02. The van der Waals surface area contributed by atoms with Crippen molar-refractivity contribution in [1.29, 1.82) is 0 Å². The summed E-state index contributed by atoms with van der Waals surface area (Å²) >= 11 is 0. The van der Waals surface area contributed by atoms with Crippen LogP contribution in [0.2, 0.25) is 0 Å². The molecule has 5 nitrogen and oxygen atoms in total. The molecule has 1 aromatic carbocycles. The summed E-state index contributed by atoms with van der Waals surface area (Å²) in [6, 6.07) is 7.90. The van der Waals surface area contributed by atoms with E-state index in [-0.39, 0.29) is 5.69 Å². The second-order valence-corrected chi connectivity index (χ2v) is 3.77. The summed E-state index contributed by atoms with van der Waals surface area (Å²) in [5.74, 6) is 0.0795. The Hall–Kier alpha value is -2.43. The molecule has 0 saturated heterocycles. The number of carbonyl (C=O) groups excluding carboxylic acids is 1. The lowest BCUT2D eigenvalue weighted by Gasteiger charge is -2.05. The predicted molar refractivity (Wildman–Crippen MR) is 67.8 cm³/mol. The molecule has 18 heavy (non-hydrogen) atoms. The highest BCUT2D eigenvalue weighted by Gasteiger charge is 2.07. The van der Waals surface area contributed by atoms with Gasteiger partial charge in [0.25, 0.3) is 0 Å². The second kappa shape index (κ2) is 5.27. The Morgan fingerprint density at radius 1 is 1.17 bits per heavy atom. The third-order valence-electron chi connectivity index (χ3n) is 2.37. The highest BCUT2D eigenvalue weighted by molar-refractivity contribution is 5.86. The number of esters is 1. The molecule has 1 heterocycles. The van der Waals surface area contributed by atoms with Crippen LogP contribution < -0.4 is 5.32 Å². The average molecular weight is 243 g/mol. The number of carbonyl (C=O) groups is 1. The number of anilines is 2. The van der Waals surface area contributed by atoms with Crippen molar-refractivity contribution < 1.29 is 9.53 Å². The Morgan fingerprint density at radius 3 is 2.44 bits per heavy atom. The maximum absolute atomic E-state index is 11.2. The van der Waals surface area contributed by atoms with Crippen LogP contribution >= 0.6 is 0 Å². The van der Waals surface area contributed by atoms with Gasteiger partial charge in [0.1, 0.15) is 5.82 Å². The number of benzene rings is 1. The molecule has 1 aromatic heterocycles. The summed E-state index contributed by atoms with van der Waals surface area (Å²) in [5.41, 5.74) is 2.29. The minimum Gasteiger partial charge on any atom is -0.464 e. The summed E-state index contributed by atoms with van der Waals surface area (Å²) in [5, 5.41) is 3.09. The van der Waals surface area contributed by atoms with Crippen LogP contribution in [0.15, 0.2) is 36.7 Å². The summed E-state index contributed by atoms with van der Waals surface area (Å²) < 4.78 is 4.55. The van der Waals surface area contributed by atoms with Crippen LogP contribution in [0.1, 0.15) is 16.1 Å². The van der Waals surface area contributed by atoms with Gasteiger partial charge >= 0.3 is 5.97 Å². The van der Waals surface area contributed by atoms with Gasteiger partial charge in [0.05, 0.1) is 19.5 Å². The third kappa shape index (κ3) is 2.82. The van der Waals surface area contributed by atoms with Crippen molar-refractivity contribution in [2.24, 2.45) is 0 Å². The Morgan fingerprint density at radius 2 is 1.89 bits per heavy atom. The minimum atomic E-state index is -0.496. The molecule has 0 atom stereocenters. The number of nitrogens with one attached hydrogen (secondary N) is 1. The minimum absolute atomic E-state index is 0.187. The van der Waals surface area contributed by atoms with Crippen LogP contribution in [-0.2, 0) is 4.74 Å². The number of hydrogen-bond donors (Lipinski definition) is 1. The SMILES string of the molecule is COC(=O)c1cnc(Nc2ccc(C)cc2)cn1. The molecule has 0 amide bonds. The van der Waals surface area contributed by atoms with Crippen LogP contribution in [0.3, 0.4) is 0 Å². The number of methoxy groups -OCH3 is 1. The van der Waals surface area contributed by atoms with Crippen molar-refractivity contribution in [3.05, 3.63) is 47.9 Å². The van der Waals surface area contributed by atoms with Crippen LogP contribution in [0, 0.1) is 6.92 Å². The predicted octanol–water partition coefficient (Wildman–Crippen LogP) is 2.32. The molecule has 0 unspecified atom stereocenters. The number of hydrogen-bond acceptors (Lipinski definition) is 5. The van der Waals surface area contributed by atoms with Crippen molar-refractivity contribution in [2.45, 2.75) is 6.92 Å². The first-order chi connectivity index (χ1) is 8.69. The fourth-order valence-electron chi connectivity index (χ4n) is 1.39. The first kappa shape index (κ1) is 12.0. The average Bonchev–Trinajstić information content (AvgIpc) is 2.41. The molecule has 0 aliphatic rings. The van der Waals surface area contributed by atoms with Crippen molar-refractivity contribution in [3.8, 4) is 0 Å². The van der Waals surface area contributed by atoms with Gasteiger partial charge in [-0.3, -0.25) is 0 Å².